The third-order valence-corrected chi connectivity index (χ3v) is 5.88. The molecule has 0 aliphatic heterocycles. The Balaban J connectivity index is 1.87. The second kappa shape index (κ2) is 9.34. The number of aryl methyl sites for hydroxylation is 1. The van der Waals surface area contributed by atoms with Crippen molar-refractivity contribution in [2.24, 2.45) is 5.10 Å². The number of nitrogens with one attached hydrogen (secondary N) is 2. The highest BCUT2D eigenvalue weighted by Gasteiger charge is 2.76. The number of rotatable bonds is 5. The molecule has 1 aromatic carbocycles. The molecule has 1 heterocycles. The van der Waals surface area contributed by atoms with Crippen molar-refractivity contribution in [2.45, 2.75) is 44.2 Å². The molecular weight excluding hydrogens is 534 g/mol. The fraction of sp³-hybridized carbons (Fsp3) is 0.350. The lowest BCUT2D eigenvalue weighted by atomic mass is 9.93. The number of halogens is 9. The summed E-state index contributed by atoms with van der Waals surface area (Å²) < 4.78 is 95.8. The molecule has 0 saturated carbocycles. The van der Waals surface area contributed by atoms with Gasteiger partial charge in [-0.2, -0.15) is 35.8 Å². The normalized spacial score (nSPS) is 15.7. The molecule has 2 N–H and O–H groups in total. The van der Waals surface area contributed by atoms with Gasteiger partial charge in [0.05, 0.1) is 21.4 Å². The van der Waals surface area contributed by atoms with Crippen LogP contribution in [0.15, 0.2) is 27.7 Å². The molecular formula is C20H14Cl2F7N3O3. The molecule has 6 nitrogen and oxygen atoms in total. The zero-order valence-corrected chi connectivity index (χ0v) is 18.9. The first-order chi connectivity index (χ1) is 16.1. The Labute approximate surface area is 202 Å². The Kier molecular flexibility index (Phi) is 7.15. The Bertz CT molecular complexity index is 1210. The number of anilines is 1. The van der Waals surface area contributed by atoms with Crippen molar-refractivity contribution in [3.8, 4) is 0 Å². The number of nitrogens with zero attached hydrogens (tertiary/aromatic N) is 1. The van der Waals surface area contributed by atoms with E-state index in [0.29, 0.717) is 6.42 Å². The highest BCUT2D eigenvalue weighted by molar-refractivity contribution is 6.44. The number of hydrogen-bond donors (Lipinski definition) is 2. The van der Waals surface area contributed by atoms with Crippen molar-refractivity contribution in [3.05, 3.63) is 50.9 Å². The summed E-state index contributed by atoms with van der Waals surface area (Å²) in [6.07, 6.45) is -6.08. The standard InChI is InChI=1S/C20H14Cl2F7N3O3/c1-8-13-10(31-32-17(34)18(23,24)19(25,26)20(27,28)29)5-3-7-12(13)35-15(8)16(33)30-11-6-2-4-9(21)14(11)22/h2,4,6H,3,5,7H2,1H3,(H,30,33)(H,32,34)/b31-10+. The summed E-state index contributed by atoms with van der Waals surface area (Å²) in [7, 11) is 0. The monoisotopic (exact) mass is 547 g/mol. The molecule has 1 aliphatic rings. The zero-order valence-electron chi connectivity index (χ0n) is 17.4. The lowest BCUT2D eigenvalue weighted by molar-refractivity contribution is -0.344. The van der Waals surface area contributed by atoms with Crippen molar-refractivity contribution >= 4 is 46.4 Å². The molecule has 2 aromatic rings. The predicted molar refractivity (Wildman–Crippen MR) is 111 cm³/mol. The molecule has 0 unspecified atom stereocenters. The van der Waals surface area contributed by atoms with Crippen LogP contribution in [0.2, 0.25) is 10.0 Å². The summed E-state index contributed by atoms with van der Waals surface area (Å²) in [5, 5.41) is 6.04. The summed E-state index contributed by atoms with van der Waals surface area (Å²) in [4.78, 5) is 24.2. The average Bonchev–Trinajstić information content (AvgIpc) is 3.11. The van der Waals surface area contributed by atoms with Crippen LogP contribution in [-0.2, 0) is 11.2 Å². The van der Waals surface area contributed by atoms with Gasteiger partial charge in [0.1, 0.15) is 5.76 Å². The van der Waals surface area contributed by atoms with E-state index in [0.717, 1.165) is 5.43 Å². The fourth-order valence-electron chi connectivity index (χ4n) is 3.29. The topological polar surface area (TPSA) is 83.7 Å². The number of furan rings is 1. The van der Waals surface area contributed by atoms with Crippen LogP contribution in [0.25, 0.3) is 0 Å². The van der Waals surface area contributed by atoms with E-state index in [4.69, 9.17) is 27.6 Å². The van der Waals surface area contributed by atoms with Gasteiger partial charge in [-0.25, -0.2) is 5.43 Å². The van der Waals surface area contributed by atoms with E-state index < -0.39 is 29.8 Å². The fourth-order valence-corrected chi connectivity index (χ4v) is 3.63. The van der Waals surface area contributed by atoms with E-state index in [2.05, 4.69) is 10.4 Å². The molecule has 0 bridgehead atoms. The number of benzene rings is 1. The van der Waals surface area contributed by atoms with E-state index in [1.807, 2.05) is 0 Å². The number of carbonyl (C=O) groups is 2. The summed E-state index contributed by atoms with van der Waals surface area (Å²) in [5.41, 5.74) is 1.38. The minimum atomic E-state index is -6.67. The molecule has 15 heteroatoms. The summed E-state index contributed by atoms with van der Waals surface area (Å²) in [6, 6.07) is 4.47. The third kappa shape index (κ3) is 4.83. The van der Waals surface area contributed by atoms with E-state index in [9.17, 15) is 40.3 Å². The van der Waals surface area contributed by atoms with Gasteiger partial charge in [0.2, 0.25) is 0 Å². The second-order valence-corrected chi connectivity index (χ2v) is 8.19. The molecule has 0 radical (unpaired) electrons. The maximum Gasteiger partial charge on any atom is 0.460 e. The molecule has 2 amide bonds. The first kappa shape index (κ1) is 26.8. The van der Waals surface area contributed by atoms with Gasteiger partial charge in [0, 0.05) is 17.5 Å². The Hall–Kier alpha value is -2.80. The van der Waals surface area contributed by atoms with E-state index in [-0.39, 0.29) is 56.9 Å². The SMILES string of the molecule is Cc1c(C(=O)Nc2cccc(Cl)c2Cl)oc2c1/C(=N/NC(=O)C(F)(F)C(F)(F)C(F)(F)F)CCC2. The summed E-state index contributed by atoms with van der Waals surface area (Å²) >= 11 is 11.9. The van der Waals surface area contributed by atoms with Gasteiger partial charge in [-0.15, -0.1) is 0 Å². The summed E-state index contributed by atoms with van der Waals surface area (Å²) in [6.45, 7) is 1.41. The molecule has 0 atom stereocenters. The van der Waals surface area contributed by atoms with Gasteiger partial charge in [-0.1, -0.05) is 29.3 Å². The minimum absolute atomic E-state index is 0.0239. The minimum Gasteiger partial charge on any atom is -0.455 e. The van der Waals surface area contributed by atoms with Crippen molar-refractivity contribution in [1.82, 2.24) is 5.43 Å². The highest BCUT2D eigenvalue weighted by Crippen LogP contribution is 2.46. The quantitative estimate of drug-likeness (QED) is 0.348. The van der Waals surface area contributed by atoms with Crippen LogP contribution in [0.5, 0.6) is 0 Å². The van der Waals surface area contributed by atoms with Gasteiger partial charge in [-0.3, -0.25) is 9.59 Å². The van der Waals surface area contributed by atoms with Crippen molar-refractivity contribution in [1.29, 1.82) is 0 Å². The Morgan fingerprint density at radius 1 is 1.06 bits per heavy atom. The predicted octanol–water partition coefficient (Wildman–Crippen LogP) is 6.14. The van der Waals surface area contributed by atoms with Gasteiger partial charge in [-0.05, 0) is 31.9 Å². The number of alkyl halides is 7. The molecule has 190 valence electrons. The second-order valence-electron chi connectivity index (χ2n) is 7.41. The van der Waals surface area contributed by atoms with E-state index in [1.165, 1.54) is 25.1 Å². The van der Waals surface area contributed by atoms with E-state index >= 15 is 0 Å². The zero-order chi connectivity index (χ0) is 26.3. The van der Waals surface area contributed by atoms with Crippen molar-refractivity contribution < 1.29 is 44.7 Å². The lowest BCUT2D eigenvalue weighted by Gasteiger charge is -2.26. The van der Waals surface area contributed by atoms with Gasteiger partial charge >= 0.3 is 23.9 Å². The highest BCUT2D eigenvalue weighted by atomic mass is 35.5. The van der Waals surface area contributed by atoms with Gasteiger partial charge in [0.25, 0.3) is 5.91 Å². The van der Waals surface area contributed by atoms with Crippen molar-refractivity contribution in [2.75, 3.05) is 5.32 Å². The maximum absolute atomic E-state index is 13.6. The molecule has 0 spiro atoms. The molecule has 35 heavy (non-hydrogen) atoms. The number of amides is 2. The number of hydrazone groups is 1. The van der Waals surface area contributed by atoms with Crippen LogP contribution < -0.4 is 10.7 Å². The van der Waals surface area contributed by atoms with Gasteiger partial charge in [0.15, 0.2) is 5.76 Å². The average molecular weight is 548 g/mol. The number of hydrogen-bond acceptors (Lipinski definition) is 4. The molecule has 3 rings (SSSR count). The smallest absolute Gasteiger partial charge is 0.455 e. The molecule has 0 fully saturated rings. The van der Waals surface area contributed by atoms with Crippen LogP contribution in [0.3, 0.4) is 0 Å². The number of carbonyl (C=O) groups excluding carboxylic acids is 2. The first-order valence-corrected chi connectivity index (χ1v) is 10.4. The number of fused-ring (bicyclic) bond motifs is 1. The van der Waals surface area contributed by atoms with Crippen LogP contribution in [0, 0.1) is 6.92 Å². The lowest BCUT2D eigenvalue weighted by Crippen LogP contribution is -2.58. The largest absolute Gasteiger partial charge is 0.460 e. The van der Waals surface area contributed by atoms with Crippen LogP contribution >= 0.6 is 23.2 Å². The molecule has 1 aliphatic carbocycles. The molecule has 0 saturated heterocycles. The first-order valence-electron chi connectivity index (χ1n) is 9.67. The van der Waals surface area contributed by atoms with Crippen LogP contribution in [0.4, 0.5) is 36.4 Å². The third-order valence-electron chi connectivity index (χ3n) is 5.06. The van der Waals surface area contributed by atoms with E-state index in [1.54, 1.807) is 0 Å². The van der Waals surface area contributed by atoms with Crippen LogP contribution in [0.1, 0.15) is 40.3 Å². The van der Waals surface area contributed by atoms with Crippen LogP contribution in [-0.4, -0.2) is 35.5 Å². The molecule has 1 aromatic heterocycles. The van der Waals surface area contributed by atoms with Crippen molar-refractivity contribution in [3.63, 3.8) is 0 Å². The maximum atomic E-state index is 13.6. The Morgan fingerprint density at radius 2 is 1.71 bits per heavy atom. The summed E-state index contributed by atoms with van der Waals surface area (Å²) in [5.74, 6) is -16.5. The Morgan fingerprint density at radius 3 is 2.34 bits per heavy atom. The van der Waals surface area contributed by atoms with Gasteiger partial charge < -0.3 is 9.73 Å².